The summed E-state index contributed by atoms with van der Waals surface area (Å²) >= 11 is 0. The van der Waals surface area contributed by atoms with E-state index in [4.69, 9.17) is 4.42 Å². The monoisotopic (exact) mass is 347 g/mol. The summed E-state index contributed by atoms with van der Waals surface area (Å²) in [6.45, 7) is 2.38. The Hall–Kier alpha value is -3.48. The number of aromatic nitrogens is 4. The molecule has 7 nitrogen and oxygen atoms in total. The maximum Gasteiger partial charge on any atom is 0.224 e. The van der Waals surface area contributed by atoms with Gasteiger partial charge in [-0.15, -0.1) is 5.10 Å². The molecular formula is C19H17N5O2. The van der Waals surface area contributed by atoms with Gasteiger partial charge in [0.05, 0.1) is 18.7 Å². The van der Waals surface area contributed by atoms with Gasteiger partial charge < -0.3 is 9.73 Å². The van der Waals surface area contributed by atoms with Crippen LogP contribution in [0.25, 0.3) is 16.7 Å². The average molecular weight is 347 g/mol. The van der Waals surface area contributed by atoms with Gasteiger partial charge in [-0.05, 0) is 41.1 Å². The van der Waals surface area contributed by atoms with E-state index in [-0.39, 0.29) is 5.91 Å². The maximum absolute atomic E-state index is 12.2. The van der Waals surface area contributed by atoms with Crippen LogP contribution in [0, 0.1) is 6.92 Å². The lowest BCUT2D eigenvalue weighted by atomic mass is 10.1. The summed E-state index contributed by atoms with van der Waals surface area (Å²) < 4.78 is 7.38. The molecule has 0 spiro atoms. The van der Waals surface area contributed by atoms with E-state index in [0.29, 0.717) is 13.0 Å². The summed E-state index contributed by atoms with van der Waals surface area (Å²) in [5.74, 6) is 0.730. The molecule has 0 radical (unpaired) electrons. The third kappa shape index (κ3) is 3.19. The van der Waals surface area contributed by atoms with Crippen molar-refractivity contribution in [1.82, 2.24) is 25.5 Å². The molecule has 0 aliphatic rings. The van der Waals surface area contributed by atoms with Crippen LogP contribution in [0.2, 0.25) is 0 Å². The predicted molar refractivity (Wildman–Crippen MR) is 95.7 cm³/mol. The molecule has 4 rings (SSSR count). The van der Waals surface area contributed by atoms with Gasteiger partial charge in [0.2, 0.25) is 5.91 Å². The topological polar surface area (TPSA) is 85.8 Å². The van der Waals surface area contributed by atoms with Gasteiger partial charge in [-0.1, -0.05) is 30.3 Å². The van der Waals surface area contributed by atoms with E-state index in [0.717, 1.165) is 33.5 Å². The summed E-state index contributed by atoms with van der Waals surface area (Å²) in [6, 6.07) is 15.4. The summed E-state index contributed by atoms with van der Waals surface area (Å²) in [6.07, 6.45) is 1.83. The highest BCUT2D eigenvalue weighted by atomic mass is 16.3. The Balaban J connectivity index is 1.38. The molecule has 7 heteroatoms. The number of hydrogen-bond acceptors (Lipinski definition) is 5. The SMILES string of the molecule is Cc1c(CNC(=O)Cc2ccc(-n3cnnn3)cc2)oc2ccccc12. The normalized spacial score (nSPS) is 11.0. The predicted octanol–water partition coefficient (Wildman–Crippen LogP) is 2.58. The smallest absolute Gasteiger partial charge is 0.224 e. The average Bonchev–Trinajstić information content (AvgIpc) is 3.30. The van der Waals surface area contributed by atoms with Gasteiger partial charge in [0, 0.05) is 10.9 Å². The first kappa shape index (κ1) is 16.0. The molecule has 26 heavy (non-hydrogen) atoms. The Morgan fingerprint density at radius 2 is 1.96 bits per heavy atom. The molecule has 0 saturated carbocycles. The number of fused-ring (bicyclic) bond motifs is 1. The number of carbonyl (C=O) groups is 1. The van der Waals surface area contributed by atoms with E-state index in [1.54, 1.807) is 4.68 Å². The van der Waals surface area contributed by atoms with Crippen LogP contribution in [0.1, 0.15) is 16.9 Å². The first-order valence-electron chi connectivity index (χ1n) is 8.27. The van der Waals surface area contributed by atoms with E-state index in [1.807, 2.05) is 55.5 Å². The zero-order chi connectivity index (χ0) is 17.9. The van der Waals surface area contributed by atoms with Crippen LogP contribution in [0.3, 0.4) is 0 Å². The minimum atomic E-state index is -0.0555. The molecule has 0 aliphatic carbocycles. The van der Waals surface area contributed by atoms with Crippen molar-refractivity contribution in [2.75, 3.05) is 0 Å². The molecule has 0 atom stereocenters. The van der Waals surface area contributed by atoms with Crippen molar-refractivity contribution < 1.29 is 9.21 Å². The molecule has 2 heterocycles. The van der Waals surface area contributed by atoms with Gasteiger partial charge in [0.25, 0.3) is 0 Å². The summed E-state index contributed by atoms with van der Waals surface area (Å²) in [7, 11) is 0. The number of rotatable bonds is 5. The Bertz CT molecular complexity index is 1040. The minimum absolute atomic E-state index is 0.0555. The van der Waals surface area contributed by atoms with Crippen molar-refractivity contribution >= 4 is 16.9 Å². The molecular weight excluding hydrogens is 330 g/mol. The first-order valence-corrected chi connectivity index (χ1v) is 8.27. The second-order valence-electron chi connectivity index (χ2n) is 6.02. The molecule has 0 bridgehead atoms. The van der Waals surface area contributed by atoms with Gasteiger partial charge in [-0.3, -0.25) is 4.79 Å². The number of nitrogens with one attached hydrogen (secondary N) is 1. The highest BCUT2D eigenvalue weighted by Gasteiger charge is 2.11. The lowest BCUT2D eigenvalue weighted by Gasteiger charge is -2.05. The van der Waals surface area contributed by atoms with E-state index in [1.165, 1.54) is 6.33 Å². The van der Waals surface area contributed by atoms with Gasteiger partial charge >= 0.3 is 0 Å². The van der Waals surface area contributed by atoms with E-state index < -0.39 is 0 Å². The molecule has 130 valence electrons. The first-order chi connectivity index (χ1) is 12.7. The number of nitrogens with zero attached hydrogens (tertiary/aromatic N) is 4. The van der Waals surface area contributed by atoms with Crippen LogP contribution in [0.5, 0.6) is 0 Å². The number of furan rings is 1. The Kier molecular flexibility index (Phi) is 4.18. The number of hydrogen-bond donors (Lipinski definition) is 1. The van der Waals surface area contributed by atoms with Gasteiger partial charge in [-0.2, -0.15) is 0 Å². The van der Waals surface area contributed by atoms with Crippen LogP contribution in [-0.2, 0) is 17.8 Å². The summed E-state index contributed by atoms with van der Waals surface area (Å²) in [5, 5.41) is 15.0. The summed E-state index contributed by atoms with van der Waals surface area (Å²) in [5.41, 5.74) is 3.66. The van der Waals surface area contributed by atoms with Crippen molar-refractivity contribution in [3.05, 3.63) is 71.7 Å². The largest absolute Gasteiger partial charge is 0.459 e. The second kappa shape index (κ2) is 6.79. The molecule has 0 saturated heterocycles. The van der Waals surface area contributed by atoms with Crippen molar-refractivity contribution in [3.8, 4) is 5.69 Å². The number of carbonyl (C=O) groups excluding carboxylic acids is 1. The number of tetrazole rings is 1. The second-order valence-corrected chi connectivity index (χ2v) is 6.02. The maximum atomic E-state index is 12.2. The number of para-hydroxylation sites is 1. The standard InChI is InChI=1S/C19H17N5O2/c1-13-16-4-2-3-5-17(16)26-18(13)11-20-19(25)10-14-6-8-15(9-7-14)24-12-21-22-23-24/h2-9,12H,10-11H2,1H3,(H,20,25). The number of aryl methyl sites for hydroxylation is 1. The van der Waals surface area contributed by atoms with E-state index >= 15 is 0 Å². The molecule has 0 aliphatic heterocycles. The Morgan fingerprint density at radius 3 is 2.69 bits per heavy atom. The van der Waals surface area contributed by atoms with Crippen LogP contribution in [0.15, 0.2) is 59.3 Å². The third-order valence-electron chi connectivity index (χ3n) is 4.30. The quantitative estimate of drug-likeness (QED) is 0.600. The Morgan fingerprint density at radius 1 is 1.15 bits per heavy atom. The van der Waals surface area contributed by atoms with Crippen molar-refractivity contribution in [2.24, 2.45) is 0 Å². The fourth-order valence-corrected chi connectivity index (χ4v) is 2.87. The van der Waals surface area contributed by atoms with Crippen molar-refractivity contribution in [3.63, 3.8) is 0 Å². The third-order valence-corrected chi connectivity index (χ3v) is 4.30. The van der Waals surface area contributed by atoms with Crippen molar-refractivity contribution in [1.29, 1.82) is 0 Å². The lowest BCUT2D eigenvalue weighted by Crippen LogP contribution is -2.24. The summed E-state index contributed by atoms with van der Waals surface area (Å²) in [4.78, 5) is 12.2. The molecule has 0 fully saturated rings. The van der Waals surface area contributed by atoms with Gasteiger partial charge in [-0.25, -0.2) is 4.68 Å². The number of benzene rings is 2. The van der Waals surface area contributed by atoms with Gasteiger partial charge in [0.1, 0.15) is 17.7 Å². The molecule has 2 aromatic heterocycles. The zero-order valence-electron chi connectivity index (χ0n) is 14.2. The van der Waals surface area contributed by atoms with E-state index in [2.05, 4.69) is 20.8 Å². The lowest BCUT2D eigenvalue weighted by molar-refractivity contribution is -0.120. The fraction of sp³-hybridized carbons (Fsp3) is 0.158. The Labute approximate surface area is 149 Å². The fourth-order valence-electron chi connectivity index (χ4n) is 2.87. The molecule has 4 aromatic rings. The molecule has 1 amide bonds. The highest BCUT2D eigenvalue weighted by Crippen LogP contribution is 2.24. The van der Waals surface area contributed by atoms with Crippen LogP contribution < -0.4 is 5.32 Å². The highest BCUT2D eigenvalue weighted by molar-refractivity contribution is 5.82. The van der Waals surface area contributed by atoms with Crippen LogP contribution >= 0.6 is 0 Å². The number of amides is 1. The van der Waals surface area contributed by atoms with Crippen molar-refractivity contribution in [2.45, 2.75) is 19.9 Å². The minimum Gasteiger partial charge on any atom is -0.459 e. The molecule has 1 N–H and O–H groups in total. The van der Waals surface area contributed by atoms with Crippen LogP contribution in [0.4, 0.5) is 0 Å². The van der Waals surface area contributed by atoms with E-state index in [9.17, 15) is 4.79 Å². The van der Waals surface area contributed by atoms with Crippen LogP contribution in [-0.4, -0.2) is 26.1 Å². The van der Waals surface area contributed by atoms with Gasteiger partial charge in [0.15, 0.2) is 0 Å². The molecule has 2 aromatic carbocycles. The zero-order valence-corrected chi connectivity index (χ0v) is 14.2. The molecule has 0 unspecified atom stereocenters.